The molecule has 2 aromatic carbocycles. The predicted octanol–water partition coefficient (Wildman–Crippen LogP) is 13.4. The van der Waals surface area contributed by atoms with E-state index in [-0.39, 0.29) is 16.5 Å². The summed E-state index contributed by atoms with van der Waals surface area (Å²) in [4.78, 5) is 10.2. The molecule has 2 rings (SSSR count). The second-order valence-electron chi connectivity index (χ2n) is 12.0. The van der Waals surface area contributed by atoms with Gasteiger partial charge in [0, 0.05) is 22.7 Å². The van der Waals surface area contributed by atoms with Crippen LogP contribution in [0.1, 0.15) is 147 Å². The Balaban J connectivity index is 0.00000968. The van der Waals surface area contributed by atoms with Gasteiger partial charge in [0.25, 0.3) is 0 Å². The fourth-order valence-corrected chi connectivity index (χ4v) is 5.36. The van der Waals surface area contributed by atoms with Gasteiger partial charge in [0.05, 0.1) is 17.1 Å². The summed E-state index contributed by atoms with van der Waals surface area (Å²) in [6, 6.07) is 17.3. The van der Waals surface area contributed by atoms with Crippen molar-refractivity contribution in [3.05, 3.63) is 84.0 Å². The Bertz CT molecular complexity index is 1080. The Morgan fingerprint density at radius 2 is 0.977 bits per heavy atom. The summed E-state index contributed by atoms with van der Waals surface area (Å²) in [5.41, 5.74) is 5.90. The van der Waals surface area contributed by atoms with Crippen LogP contribution in [0.25, 0.3) is 0 Å². The van der Waals surface area contributed by atoms with Gasteiger partial charge in [-0.3, -0.25) is 9.98 Å². The van der Waals surface area contributed by atoms with E-state index in [1.807, 2.05) is 6.21 Å². The van der Waals surface area contributed by atoms with Crippen molar-refractivity contribution in [2.45, 2.75) is 149 Å². The number of hydrogen-bond donors (Lipinski definition) is 0. The molecule has 0 aliphatic rings. The van der Waals surface area contributed by atoms with Crippen molar-refractivity contribution < 1.29 is 16.5 Å². The molecule has 0 heterocycles. The van der Waals surface area contributed by atoms with Crippen molar-refractivity contribution in [1.29, 1.82) is 0 Å². The van der Waals surface area contributed by atoms with Crippen molar-refractivity contribution >= 4 is 23.3 Å². The molecule has 2 aromatic rings. The van der Waals surface area contributed by atoms with Gasteiger partial charge in [-0.15, -0.1) is 0 Å². The number of hydrogen-bond acceptors (Lipinski definition) is 2. The van der Waals surface area contributed by atoms with Crippen LogP contribution in [0.3, 0.4) is 0 Å². The van der Waals surface area contributed by atoms with E-state index in [0.29, 0.717) is 0 Å². The third kappa shape index (κ3) is 19.2. The SMILES string of the molecule is CCCCCCC/C=C/CCc1ccccc1N=CC(CCCCC)=Nc1ccccc1CC/C=C/CCCCCCC.[Ni]. The second-order valence-corrected chi connectivity index (χ2v) is 12.0. The standard InChI is InChI=1S/C41H62N2.Ni/c1-4-7-10-12-14-16-18-20-23-29-37-31-25-27-34-40(37)42-36-39(33-22-9-6-3)43-41-35-28-26-32-38(41)30-24-21-19-17-15-13-11-8-5-2;/h18-21,25-28,31-32,34-36H,4-17,22-24,29-30,33H2,1-3H3;/b20-18+,21-19+,42-36?,43-39?;. The van der Waals surface area contributed by atoms with E-state index in [9.17, 15) is 0 Å². The van der Waals surface area contributed by atoms with Crippen LogP contribution in [-0.4, -0.2) is 11.9 Å². The Morgan fingerprint density at radius 3 is 1.55 bits per heavy atom. The molecule has 0 spiro atoms. The molecular weight excluding hydrogens is 579 g/mol. The first-order chi connectivity index (χ1) is 21.3. The molecule has 0 aliphatic carbocycles. The molecule has 44 heavy (non-hydrogen) atoms. The second kappa shape index (κ2) is 28.2. The van der Waals surface area contributed by atoms with Crippen molar-refractivity contribution in [3.8, 4) is 0 Å². The summed E-state index contributed by atoms with van der Waals surface area (Å²) < 4.78 is 0. The molecule has 0 amide bonds. The number of aryl methyl sites for hydroxylation is 2. The normalized spacial score (nSPS) is 12.1. The van der Waals surface area contributed by atoms with Gasteiger partial charge in [0.15, 0.2) is 0 Å². The Hall–Kier alpha value is -2.25. The van der Waals surface area contributed by atoms with Crippen LogP contribution < -0.4 is 0 Å². The third-order valence-corrected chi connectivity index (χ3v) is 8.08. The summed E-state index contributed by atoms with van der Waals surface area (Å²) in [5.74, 6) is 0. The van der Waals surface area contributed by atoms with E-state index in [0.717, 1.165) is 55.6 Å². The smallest absolute Gasteiger partial charge is 0.0665 e. The average molecular weight is 642 g/mol. The molecule has 0 N–H and O–H groups in total. The number of allylic oxidation sites excluding steroid dienone is 4. The van der Waals surface area contributed by atoms with E-state index in [1.165, 1.54) is 101 Å². The number of rotatable bonds is 25. The first-order valence-corrected chi connectivity index (χ1v) is 17.9. The third-order valence-electron chi connectivity index (χ3n) is 8.08. The quantitative estimate of drug-likeness (QED) is 0.0446. The molecule has 0 unspecified atom stereocenters. The van der Waals surface area contributed by atoms with Crippen molar-refractivity contribution in [3.63, 3.8) is 0 Å². The summed E-state index contributed by atoms with van der Waals surface area (Å²) in [5, 5.41) is 0. The zero-order chi connectivity index (χ0) is 30.6. The maximum Gasteiger partial charge on any atom is 0.0665 e. The number of nitrogens with zero attached hydrogens (tertiary/aromatic N) is 2. The topological polar surface area (TPSA) is 24.7 Å². The van der Waals surface area contributed by atoms with Gasteiger partial charge in [-0.25, -0.2) is 0 Å². The molecule has 0 fully saturated rings. The summed E-state index contributed by atoms with van der Waals surface area (Å²) >= 11 is 0. The molecular formula is C41H62N2Ni. The van der Waals surface area contributed by atoms with Gasteiger partial charge < -0.3 is 0 Å². The van der Waals surface area contributed by atoms with Crippen LogP contribution in [0.2, 0.25) is 0 Å². The predicted molar refractivity (Wildman–Crippen MR) is 194 cm³/mol. The van der Waals surface area contributed by atoms with Crippen molar-refractivity contribution in [1.82, 2.24) is 0 Å². The zero-order valence-corrected chi connectivity index (χ0v) is 29.3. The zero-order valence-electron chi connectivity index (χ0n) is 28.4. The van der Waals surface area contributed by atoms with Crippen molar-refractivity contribution in [2.75, 3.05) is 0 Å². The van der Waals surface area contributed by atoms with E-state index in [2.05, 4.69) is 93.6 Å². The molecule has 0 bridgehead atoms. The maximum atomic E-state index is 5.19. The summed E-state index contributed by atoms with van der Waals surface area (Å²) in [6.07, 6.45) is 36.1. The van der Waals surface area contributed by atoms with E-state index < -0.39 is 0 Å². The number of benzene rings is 2. The first-order valence-electron chi connectivity index (χ1n) is 17.9. The van der Waals surface area contributed by atoms with E-state index in [4.69, 9.17) is 9.98 Å². The van der Waals surface area contributed by atoms with Gasteiger partial charge in [0.1, 0.15) is 0 Å². The van der Waals surface area contributed by atoms with Gasteiger partial charge in [0.2, 0.25) is 0 Å². The van der Waals surface area contributed by atoms with E-state index in [1.54, 1.807) is 0 Å². The molecule has 246 valence electrons. The van der Waals surface area contributed by atoms with Crippen LogP contribution in [0.15, 0.2) is 82.8 Å². The number of unbranched alkanes of at least 4 members (excludes halogenated alkanes) is 12. The van der Waals surface area contributed by atoms with Crippen LogP contribution in [-0.2, 0) is 29.3 Å². The Labute approximate surface area is 282 Å². The molecule has 0 radical (unpaired) electrons. The van der Waals surface area contributed by atoms with Gasteiger partial charge in [-0.2, -0.15) is 0 Å². The molecule has 3 heteroatoms. The maximum absolute atomic E-state index is 5.19. The van der Waals surface area contributed by atoms with E-state index >= 15 is 0 Å². The first kappa shape index (κ1) is 39.8. The number of para-hydroxylation sites is 2. The van der Waals surface area contributed by atoms with Gasteiger partial charge in [-0.1, -0.05) is 146 Å². The Kier molecular flexibility index (Phi) is 25.5. The minimum atomic E-state index is 0. The summed E-state index contributed by atoms with van der Waals surface area (Å²) in [7, 11) is 0. The molecule has 0 atom stereocenters. The number of aliphatic imine (C=N–C) groups is 2. The minimum absolute atomic E-state index is 0. The largest absolute Gasteiger partial charge is 0.255 e. The molecule has 0 saturated heterocycles. The van der Waals surface area contributed by atoms with Crippen LogP contribution in [0, 0.1) is 0 Å². The molecule has 0 aliphatic heterocycles. The molecule has 0 saturated carbocycles. The van der Waals surface area contributed by atoms with Crippen LogP contribution >= 0.6 is 0 Å². The van der Waals surface area contributed by atoms with Crippen LogP contribution in [0.5, 0.6) is 0 Å². The van der Waals surface area contributed by atoms with Gasteiger partial charge in [-0.05, 0) is 87.5 Å². The van der Waals surface area contributed by atoms with Crippen molar-refractivity contribution in [2.24, 2.45) is 9.98 Å². The fraction of sp³-hybridized carbons (Fsp3) is 0.561. The van der Waals surface area contributed by atoms with Gasteiger partial charge >= 0.3 is 0 Å². The molecule has 2 nitrogen and oxygen atoms in total. The minimum Gasteiger partial charge on any atom is -0.255 e. The summed E-state index contributed by atoms with van der Waals surface area (Å²) in [6.45, 7) is 6.81. The van der Waals surface area contributed by atoms with Crippen LogP contribution in [0.4, 0.5) is 11.4 Å². The fourth-order valence-electron chi connectivity index (χ4n) is 5.36. The monoisotopic (exact) mass is 640 g/mol. The average Bonchev–Trinajstić information content (AvgIpc) is 3.03. The molecule has 0 aromatic heterocycles. The Morgan fingerprint density at radius 1 is 0.523 bits per heavy atom.